The Labute approximate surface area is 95.0 Å². The van der Waals surface area contributed by atoms with Gasteiger partial charge in [-0.05, 0) is 23.6 Å². The molecule has 0 amide bonds. The molecule has 1 rings (SSSR count). The summed E-state index contributed by atoms with van der Waals surface area (Å²) in [5.74, 6) is 1.03. The van der Waals surface area contributed by atoms with Crippen molar-refractivity contribution in [3.63, 3.8) is 0 Å². The third-order valence-electron chi connectivity index (χ3n) is 1.95. The van der Waals surface area contributed by atoms with Gasteiger partial charge in [0.1, 0.15) is 0 Å². The lowest BCUT2D eigenvalue weighted by Gasteiger charge is -2.09. The van der Waals surface area contributed by atoms with Crippen LogP contribution in [0.4, 0.5) is 13.2 Å². The van der Waals surface area contributed by atoms with Crippen molar-refractivity contribution in [2.45, 2.75) is 12.6 Å². The first-order chi connectivity index (χ1) is 7.83. The molecular weight excluding hydrogens is 235 g/mol. The zero-order valence-electron chi connectivity index (χ0n) is 8.51. The number of hydrogen-bond acceptors (Lipinski definition) is 2. The van der Waals surface area contributed by atoms with Gasteiger partial charge in [-0.2, -0.15) is 13.2 Å². The number of carboxylic acid groups (broad SMARTS) is 1. The molecule has 90 valence electrons. The van der Waals surface area contributed by atoms with Crippen molar-refractivity contribution in [3.05, 3.63) is 34.9 Å². The fourth-order valence-electron chi connectivity index (χ4n) is 1.27. The van der Waals surface area contributed by atoms with Gasteiger partial charge >= 0.3 is 12.1 Å². The highest BCUT2D eigenvalue weighted by Crippen LogP contribution is 2.23. The number of aromatic carboxylic acids is 1. The van der Waals surface area contributed by atoms with Crippen molar-refractivity contribution in [1.82, 2.24) is 0 Å². The molecule has 0 fully saturated rings. The Morgan fingerprint density at radius 2 is 2.06 bits per heavy atom. The number of hydrogen-bond donors (Lipinski definition) is 2. The van der Waals surface area contributed by atoms with E-state index in [1.54, 1.807) is 0 Å². The summed E-state index contributed by atoms with van der Waals surface area (Å²) in [5.41, 5.74) is 4.68. The van der Waals surface area contributed by atoms with Crippen LogP contribution in [0.15, 0.2) is 18.2 Å². The maximum atomic E-state index is 12.2. The standard InChI is InChI=1S/C11H8F3NO2/c12-11(13,14)6-9-2-1-8(10(16)17)5-7(9)3-4-15/h1-2,5H,6,15H2,(H,16,17). The van der Waals surface area contributed by atoms with Crippen molar-refractivity contribution >= 4 is 5.97 Å². The van der Waals surface area contributed by atoms with Crippen LogP contribution in [-0.4, -0.2) is 17.3 Å². The third-order valence-corrected chi connectivity index (χ3v) is 1.95. The molecule has 3 N–H and O–H groups in total. The van der Waals surface area contributed by atoms with Crippen molar-refractivity contribution in [1.29, 1.82) is 0 Å². The van der Waals surface area contributed by atoms with E-state index in [0.717, 1.165) is 18.2 Å². The van der Waals surface area contributed by atoms with Crippen LogP contribution in [0.2, 0.25) is 0 Å². The molecule has 0 unspecified atom stereocenters. The average Bonchev–Trinajstić information content (AvgIpc) is 2.18. The lowest BCUT2D eigenvalue weighted by atomic mass is 10.0. The van der Waals surface area contributed by atoms with Gasteiger partial charge in [-0.3, -0.25) is 0 Å². The third kappa shape index (κ3) is 3.72. The second-order valence-electron chi connectivity index (χ2n) is 3.24. The Bertz CT molecular complexity index is 498. The normalized spacial score (nSPS) is 10.5. The van der Waals surface area contributed by atoms with E-state index < -0.39 is 18.6 Å². The monoisotopic (exact) mass is 243 g/mol. The van der Waals surface area contributed by atoms with Crippen molar-refractivity contribution in [2.75, 3.05) is 0 Å². The van der Waals surface area contributed by atoms with Crippen LogP contribution < -0.4 is 5.73 Å². The largest absolute Gasteiger partial charge is 0.478 e. The van der Waals surface area contributed by atoms with Gasteiger partial charge < -0.3 is 10.8 Å². The van der Waals surface area contributed by atoms with E-state index in [0.29, 0.717) is 0 Å². The topological polar surface area (TPSA) is 63.3 Å². The van der Waals surface area contributed by atoms with Gasteiger partial charge in [-0.1, -0.05) is 6.07 Å². The molecule has 0 aliphatic rings. The molecule has 0 atom stereocenters. The molecule has 0 saturated carbocycles. The molecule has 1 aromatic rings. The first kappa shape index (κ1) is 12.9. The zero-order chi connectivity index (χ0) is 13.1. The molecule has 3 nitrogen and oxygen atoms in total. The summed E-state index contributed by atoms with van der Waals surface area (Å²) >= 11 is 0. The summed E-state index contributed by atoms with van der Waals surface area (Å²) < 4.78 is 36.7. The molecule has 0 aliphatic heterocycles. The molecule has 1 aromatic carbocycles. The maximum absolute atomic E-state index is 12.2. The Morgan fingerprint density at radius 1 is 1.41 bits per heavy atom. The molecule has 0 heterocycles. The van der Waals surface area contributed by atoms with E-state index in [4.69, 9.17) is 10.8 Å². The van der Waals surface area contributed by atoms with E-state index in [1.807, 2.05) is 6.04 Å². The van der Waals surface area contributed by atoms with Gasteiger partial charge in [0.25, 0.3) is 0 Å². The Kier molecular flexibility index (Phi) is 3.63. The molecule has 0 radical (unpaired) electrons. The molecule has 6 heteroatoms. The quantitative estimate of drug-likeness (QED) is 0.614. The summed E-state index contributed by atoms with van der Waals surface area (Å²) in [6.45, 7) is 0. The number of halogens is 3. The lowest BCUT2D eigenvalue weighted by molar-refractivity contribution is -0.127. The highest BCUT2D eigenvalue weighted by molar-refractivity contribution is 5.88. The summed E-state index contributed by atoms with van der Waals surface area (Å²) in [6.07, 6.45) is -5.55. The van der Waals surface area contributed by atoms with Crippen LogP contribution in [0.5, 0.6) is 0 Å². The summed E-state index contributed by atoms with van der Waals surface area (Å²) in [7, 11) is 0. The van der Waals surface area contributed by atoms with Gasteiger partial charge in [0.15, 0.2) is 0 Å². The van der Waals surface area contributed by atoms with Gasteiger partial charge in [-0.15, -0.1) is 0 Å². The van der Waals surface area contributed by atoms with E-state index in [9.17, 15) is 18.0 Å². The van der Waals surface area contributed by atoms with Gasteiger partial charge in [-0.25, -0.2) is 4.79 Å². The summed E-state index contributed by atoms with van der Waals surface area (Å²) in [5, 5.41) is 8.70. The Morgan fingerprint density at radius 3 is 2.53 bits per heavy atom. The van der Waals surface area contributed by atoms with Crippen LogP contribution in [0.1, 0.15) is 21.5 Å². The number of carbonyl (C=O) groups is 1. The molecule has 0 aromatic heterocycles. The van der Waals surface area contributed by atoms with Crippen molar-refractivity contribution in [2.24, 2.45) is 5.73 Å². The fraction of sp³-hybridized carbons (Fsp3) is 0.182. The highest BCUT2D eigenvalue weighted by Gasteiger charge is 2.28. The highest BCUT2D eigenvalue weighted by atomic mass is 19.4. The fourth-order valence-corrected chi connectivity index (χ4v) is 1.27. The zero-order valence-corrected chi connectivity index (χ0v) is 8.51. The SMILES string of the molecule is NC#Cc1cc(C(=O)O)ccc1CC(F)(F)F. The van der Waals surface area contributed by atoms with E-state index in [1.165, 1.54) is 0 Å². The number of rotatable bonds is 2. The summed E-state index contributed by atoms with van der Waals surface area (Å²) in [4.78, 5) is 10.7. The first-order valence-electron chi connectivity index (χ1n) is 4.48. The molecular formula is C11H8F3NO2. The minimum atomic E-state index is -4.38. The van der Waals surface area contributed by atoms with E-state index >= 15 is 0 Å². The predicted octanol–water partition coefficient (Wildman–Crippen LogP) is 1.76. The molecule has 17 heavy (non-hydrogen) atoms. The Hall–Kier alpha value is -2.16. The van der Waals surface area contributed by atoms with Gasteiger partial charge in [0.2, 0.25) is 0 Å². The number of nitrogens with two attached hydrogens (primary N) is 1. The van der Waals surface area contributed by atoms with E-state index in [2.05, 4.69) is 5.92 Å². The van der Waals surface area contributed by atoms with Gasteiger partial charge in [0, 0.05) is 11.6 Å². The lowest BCUT2D eigenvalue weighted by Crippen LogP contribution is -2.13. The van der Waals surface area contributed by atoms with Crippen molar-refractivity contribution in [3.8, 4) is 12.0 Å². The molecule has 0 aliphatic carbocycles. The number of alkyl halides is 3. The Balaban J connectivity index is 3.21. The minimum absolute atomic E-state index is 0.0234. The first-order valence-corrected chi connectivity index (χ1v) is 4.48. The van der Waals surface area contributed by atoms with Gasteiger partial charge in [0.05, 0.1) is 12.0 Å². The second kappa shape index (κ2) is 4.78. The van der Waals surface area contributed by atoms with Crippen LogP contribution in [0.3, 0.4) is 0 Å². The summed E-state index contributed by atoms with van der Waals surface area (Å²) in [6, 6.07) is 5.23. The minimum Gasteiger partial charge on any atom is -0.478 e. The van der Waals surface area contributed by atoms with Crippen LogP contribution in [0, 0.1) is 12.0 Å². The van der Waals surface area contributed by atoms with Crippen LogP contribution in [0.25, 0.3) is 0 Å². The average molecular weight is 243 g/mol. The molecule has 0 saturated heterocycles. The second-order valence-corrected chi connectivity index (χ2v) is 3.24. The van der Waals surface area contributed by atoms with Crippen molar-refractivity contribution < 1.29 is 23.1 Å². The van der Waals surface area contributed by atoms with E-state index in [-0.39, 0.29) is 16.7 Å². The smallest absolute Gasteiger partial charge is 0.393 e. The predicted molar refractivity (Wildman–Crippen MR) is 54.2 cm³/mol. The molecule has 0 spiro atoms. The number of carboxylic acids is 1. The maximum Gasteiger partial charge on any atom is 0.393 e. The van der Waals surface area contributed by atoms with Crippen LogP contribution in [-0.2, 0) is 6.42 Å². The number of benzene rings is 1. The molecule has 0 bridgehead atoms. The van der Waals surface area contributed by atoms with Crippen LogP contribution >= 0.6 is 0 Å².